The largest absolute Gasteiger partial charge is 0.117 e. The van der Waals surface area contributed by atoms with Crippen LogP contribution in [0.5, 0.6) is 0 Å². The number of halogens is 12. The molecule has 0 bridgehead atoms. The number of hydrogen-bond donors (Lipinski definition) is 0. The van der Waals surface area contributed by atoms with Gasteiger partial charge < -0.3 is 0 Å². The molecule has 6 aliphatic rings. The van der Waals surface area contributed by atoms with E-state index in [1.54, 1.807) is 0 Å². The van der Waals surface area contributed by atoms with E-state index in [1.807, 2.05) is 27.7 Å². The highest BCUT2D eigenvalue weighted by Gasteiger charge is 2.80. The molecule has 4 unspecified atom stereocenters. The molecule has 0 aromatic rings. The van der Waals surface area contributed by atoms with E-state index in [0.717, 1.165) is 0 Å². The summed E-state index contributed by atoms with van der Waals surface area (Å²) in [6, 6.07) is 0. The minimum absolute atomic E-state index is 0.0123. The topological polar surface area (TPSA) is 0 Å². The van der Waals surface area contributed by atoms with E-state index in [4.69, 9.17) is 139 Å². The van der Waals surface area contributed by atoms with Crippen LogP contribution in [-0.2, 0) is 0 Å². The predicted octanol–water partition coefficient (Wildman–Crippen LogP) is 30.4. The third-order valence-corrected chi connectivity index (χ3v) is 48.9. The van der Waals surface area contributed by atoms with Gasteiger partial charge in [-0.3, -0.25) is 0 Å². The van der Waals surface area contributed by atoms with E-state index >= 15 is 0 Å². The van der Waals surface area contributed by atoms with E-state index in [0.29, 0.717) is 0 Å². The quantitative estimate of drug-likeness (QED) is 0.212. The van der Waals surface area contributed by atoms with Gasteiger partial charge in [0.25, 0.3) is 0 Å². The Balaban J connectivity index is 0.000000543. The number of rotatable bonds is 0. The zero-order valence-electron chi connectivity index (χ0n) is 67.5. The van der Waals surface area contributed by atoms with Gasteiger partial charge in [0.05, 0.1) is 58.5 Å². The van der Waals surface area contributed by atoms with Gasteiger partial charge >= 0.3 is 0 Å². The van der Waals surface area contributed by atoms with Crippen LogP contribution in [-0.4, -0.2) is 58.5 Å². The Morgan fingerprint density at radius 2 is 0.111 bits per heavy atom. The average Bonchev–Trinajstić information content (AvgIpc) is 3.39. The maximum absolute atomic E-state index is 7.02. The normalized spacial score (nSPS) is 46.8. The second kappa shape index (κ2) is 23.0. The molecule has 6 fully saturated rings. The van der Waals surface area contributed by atoms with Crippen LogP contribution in [0.1, 0.15) is 332 Å². The van der Waals surface area contributed by atoms with Gasteiger partial charge in [-0.25, -0.2) is 0 Å². The standard InChI is InChI=1S/2C16H30Cl2.2C13H24Cl2.2C10H18Cl2/c2*1-11(2)12(3,4)14(7,8)16(10,18)15(9,17)13(11,5)6;2*1-9(2)10(3,4)12(7,14)13(8,15)11(9,5)6;2*1-7(2)8(3,4)10(6,12)9(7,5)11/h2*1-10H3;2*1-8H3;2*1-6H3/t15-,16+;15-,16-;2*12-,13?;2*9-,10?/m.01010/s1. The zero-order valence-corrected chi connectivity index (χ0v) is 76.6. The van der Waals surface area contributed by atoms with E-state index in [9.17, 15) is 0 Å². The lowest BCUT2D eigenvalue weighted by Gasteiger charge is -2.74. The third kappa shape index (κ3) is 10.0. The fraction of sp³-hybridized carbons (Fsp3) is 1.00. The van der Waals surface area contributed by atoms with Crippen molar-refractivity contribution in [2.24, 2.45) is 97.5 Å². The summed E-state index contributed by atoms with van der Waals surface area (Å²) in [5.74, 6) is 0. The first-order valence-corrected chi connectivity index (χ1v) is 38.3. The van der Waals surface area contributed by atoms with Gasteiger partial charge in [-0.1, -0.05) is 249 Å². The summed E-state index contributed by atoms with van der Waals surface area (Å²) in [5, 5.41) is 0. The summed E-state index contributed by atoms with van der Waals surface area (Å²) in [4.78, 5) is -4.76. The van der Waals surface area contributed by atoms with Gasteiger partial charge in [-0.2, -0.15) is 0 Å². The Kier molecular flexibility index (Phi) is 23.4. The van der Waals surface area contributed by atoms with Crippen molar-refractivity contribution in [1.29, 1.82) is 0 Å². The minimum atomic E-state index is -0.468. The van der Waals surface area contributed by atoms with Crippen LogP contribution in [0.15, 0.2) is 0 Å². The van der Waals surface area contributed by atoms with Crippen LogP contribution in [0.25, 0.3) is 0 Å². The second-order valence-electron chi connectivity index (χ2n) is 41.3. The van der Waals surface area contributed by atoms with Gasteiger partial charge in [0, 0.05) is 0 Å². The molecule has 0 aromatic carbocycles. The smallest absolute Gasteiger partial charge is 0.0668 e. The summed E-state index contributed by atoms with van der Waals surface area (Å²) < 4.78 is 0. The van der Waals surface area contributed by atoms with Crippen LogP contribution >= 0.6 is 139 Å². The first-order chi connectivity index (χ1) is 37.5. The molecule has 0 aromatic heterocycles. The van der Waals surface area contributed by atoms with Crippen molar-refractivity contribution >= 4 is 139 Å². The molecular weight excluding hydrogens is 1360 g/mol. The fourth-order valence-electron chi connectivity index (χ4n) is 18.6. The fourth-order valence-corrected chi connectivity index (χ4v) is 24.3. The van der Waals surface area contributed by atoms with Crippen molar-refractivity contribution in [3.63, 3.8) is 0 Å². The molecule has 0 nitrogen and oxygen atoms in total. The molecule has 0 aliphatic heterocycles. The Bertz CT molecular complexity index is 1910. The molecule has 0 saturated heterocycles. The first-order valence-electron chi connectivity index (χ1n) is 33.8. The molecule has 12 heteroatoms. The van der Waals surface area contributed by atoms with Gasteiger partial charge in [0.1, 0.15) is 0 Å². The van der Waals surface area contributed by atoms with Crippen molar-refractivity contribution in [2.45, 2.75) is 391 Å². The Hall–Kier alpha value is 3.48. The molecule has 540 valence electrons. The van der Waals surface area contributed by atoms with Crippen molar-refractivity contribution in [2.75, 3.05) is 0 Å². The predicted molar refractivity (Wildman–Crippen MR) is 419 cm³/mol. The Labute approximate surface area is 621 Å². The molecule has 90 heavy (non-hydrogen) atoms. The zero-order chi connectivity index (χ0) is 75.0. The molecule has 6 rings (SSSR count). The van der Waals surface area contributed by atoms with Crippen molar-refractivity contribution in [1.82, 2.24) is 0 Å². The van der Waals surface area contributed by atoms with Crippen molar-refractivity contribution in [3.8, 4) is 0 Å². The van der Waals surface area contributed by atoms with Gasteiger partial charge in [-0.15, -0.1) is 139 Å². The maximum Gasteiger partial charge on any atom is 0.0668 e. The molecule has 0 spiro atoms. The van der Waals surface area contributed by atoms with Gasteiger partial charge in [-0.05, 0) is 181 Å². The SMILES string of the molecule is CC1(C)C(C)(C)C(C)(C)[C@@](C)(Cl)[C@@](C)(Cl)C1(C)C.CC1(C)C(C)(C)C(C)(C)[C@](C)(Cl)[C@@](C)(Cl)C1(C)C.CC1(C)C(C)(C)C(C)(Cl)[C@@](C)(Cl)C1(C)C.CC1(C)C(C)(C)C(C)(Cl)[C@](C)(Cl)C1(C)C.CC1(C)C(C)(C)[C@@](C)(Cl)C1(C)Cl.CC1(C)C(C)(C)[C@](C)(Cl)C1(C)Cl. The van der Waals surface area contributed by atoms with Crippen LogP contribution < -0.4 is 0 Å². The average molecular weight is 1510 g/mol. The van der Waals surface area contributed by atoms with Crippen LogP contribution in [0, 0.1) is 97.5 Å². The van der Waals surface area contributed by atoms with E-state index in [-0.39, 0.29) is 117 Å². The monoisotopic (exact) mass is 1500 g/mol. The lowest BCUT2D eigenvalue weighted by molar-refractivity contribution is -0.182. The third-order valence-electron chi connectivity index (χ3n) is 38.1. The molecule has 6 aliphatic carbocycles. The van der Waals surface area contributed by atoms with Gasteiger partial charge in [0.2, 0.25) is 0 Å². The molecule has 6 saturated carbocycles. The molecule has 0 amide bonds. The summed E-state index contributed by atoms with van der Waals surface area (Å²) in [5.41, 5.74) is 0.479. The highest BCUT2D eigenvalue weighted by atomic mass is 35.5. The summed E-state index contributed by atoms with van der Waals surface area (Å²) in [7, 11) is 0. The van der Waals surface area contributed by atoms with Crippen LogP contribution in [0.4, 0.5) is 0 Å². The Morgan fingerprint density at radius 3 is 0.144 bits per heavy atom. The van der Waals surface area contributed by atoms with Gasteiger partial charge in [0.15, 0.2) is 0 Å². The molecule has 0 N–H and O–H groups in total. The second-order valence-corrected chi connectivity index (χ2v) is 50.4. The highest BCUT2D eigenvalue weighted by Crippen LogP contribution is 2.80. The van der Waals surface area contributed by atoms with Crippen molar-refractivity contribution < 1.29 is 0 Å². The number of alkyl halides is 12. The maximum atomic E-state index is 7.02. The molecule has 12 atom stereocenters. The van der Waals surface area contributed by atoms with E-state index in [1.165, 1.54) is 0 Å². The minimum Gasteiger partial charge on any atom is -0.117 e. The highest BCUT2D eigenvalue weighted by molar-refractivity contribution is 6.39. The lowest BCUT2D eigenvalue weighted by atomic mass is 9.35. The lowest BCUT2D eigenvalue weighted by Crippen LogP contribution is -2.76. The molecule has 0 heterocycles. The van der Waals surface area contributed by atoms with Crippen LogP contribution in [0.2, 0.25) is 0 Å². The molecular formula is C78H144Cl12. The Morgan fingerprint density at radius 1 is 0.0778 bits per heavy atom. The summed E-state index contributed by atoms with van der Waals surface area (Å²) in [6.45, 7) is 106. The van der Waals surface area contributed by atoms with Crippen molar-refractivity contribution in [3.05, 3.63) is 0 Å². The van der Waals surface area contributed by atoms with E-state index in [2.05, 4.69) is 305 Å². The van der Waals surface area contributed by atoms with Crippen LogP contribution in [0.3, 0.4) is 0 Å². The van der Waals surface area contributed by atoms with E-state index < -0.39 is 39.0 Å². The summed E-state index contributed by atoms with van der Waals surface area (Å²) >= 11 is 81.0. The number of hydrogen-bond acceptors (Lipinski definition) is 0. The first kappa shape index (κ1) is 91.5. The summed E-state index contributed by atoms with van der Waals surface area (Å²) in [6.07, 6.45) is 0. The molecule has 0 radical (unpaired) electrons.